The Morgan fingerprint density at radius 3 is 2.63 bits per heavy atom. The van der Waals surface area contributed by atoms with E-state index in [0.29, 0.717) is 30.4 Å². The molecule has 0 amide bonds. The minimum atomic E-state index is -3.86. The Balaban J connectivity index is 1.88. The highest BCUT2D eigenvalue weighted by Gasteiger charge is 2.38. The molecule has 0 N–H and O–H groups in total. The van der Waals surface area contributed by atoms with Gasteiger partial charge in [-0.2, -0.15) is 0 Å². The van der Waals surface area contributed by atoms with Gasteiger partial charge in [-0.05, 0) is 42.1 Å². The van der Waals surface area contributed by atoms with Gasteiger partial charge in [-0.15, -0.1) is 0 Å². The lowest BCUT2D eigenvalue weighted by atomic mass is 9.84. The fourth-order valence-corrected chi connectivity index (χ4v) is 5.88. The van der Waals surface area contributed by atoms with Crippen molar-refractivity contribution in [2.45, 2.75) is 41.3 Å². The first-order valence-electron chi connectivity index (χ1n) is 9.90. The molecule has 1 aromatic heterocycles. The standard InChI is InChI=1S/C23H25NO5S/c1-16-15-23(28-3,12-13-29-16)18-7-5-8-19(14-18)30(26,27)20-9-4-6-17-10-11-21(25)24(2)22(17)20/h4-11,14,16H,12-13,15H2,1-3H3/t16-,23+/m0/s1. The van der Waals surface area contributed by atoms with Crippen LogP contribution in [0, 0.1) is 0 Å². The number of rotatable bonds is 4. The van der Waals surface area contributed by atoms with Gasteiger partial charge in [0.15, 0.2) is 0 Å². The summed E-state index contributed by atoms with van der Waals surface area (Å²) < 4.78 is 40.2. The first-order chi connectivity index (χ1) is 14.3. The van der Waals surface area contributed by atoms with Gasteiger partial charge in [0.2, 0.25) is 9.84 Å². The van der Waals surface area contributed by atoms with Crippen LogP contribution in [0.3, 0.4) is 0 Å². The van der Waals surface area contributed by atoms with Crippen LogP contribution >= 0.6 is 0 Å². The normalized spacial score (nSPS) is 22.3. The van der Waals surface area contributed by atoms with Crippen LogP contribution in [0.2, 0.25) is 0 Å². The largest absolute Gasteiger partial charge is 0.378 e. The molecule has 0 bridgehead atoms. The second kappa shape index (κ2) is 7.65. The van der Waals surface area contributed by atoms with E-state index in [0.717, 1.165) is 5.56 Å². The van der Waals surface area contributed by atoms with Crippen molar-refractivity contribution in [3.05, 3.63) is 70.5 Å². The second-order valence-corrected chi connectivity index (χ2v) is 9.71. The van der Waals surface area contributed by atoms with Gasteiger partial charge in [0, 0.05) is 33.1 Å². The molecular weight excluding hydrogens is 402 g/mol. The van der Waals surface area contributed by atoms with Crippen molar-refractivity contribution < 1.29 is 17.9 Å². The molecule has 1 fully saturated rings. The van der Waals surface area contributed by atoms with Gasteiger partial charge >= 0.3 is 0 Å². The number of ether oxygens (including phenoxy) is 2. The number of hydrogen-bond donors (Lipinski definition) is 0. The zero-order valence-corrected chi connectivity index (χ0v) is 18.1. The number of aromatic nitrogens is 1. The zero-order valence-electron chi connectivity index (χ0n) is 17.3. The summed E-state index contributed by atoms with van der Waals surface area (Å²) in [5.74, 6) is 0. The maximum atomic E-state index is 13.6. The second-order valence-electron chi connectivity index (χ2n) is 7.79. The predicted octanol–water partition coefficient (Wildman–Crippen LogP) is 3.41. The van der Waals surface area contributed by atoms with Gasteiger partial charge in [0.05, 0.1) is 33.6 Å². The van der Waals surface area contributed by atoms with Crippen LogP contribution in [0.25, 0.3) is 10.9 Å². The third-order valence-corrected chi connectivity index (χ3v) is 7.76. The summed E-state index contributed by atoms with van der Waals surface area (Å²) >= 11 is 0. The van der Waals surface area contributed by atoms with Crippen LogP contribution in [0.15, 0.2) is 69.2 Å². The number of hydrogen-bond acceptors (Lipinski definition) is 5. The van der Waals surface area contributed by atoms with Crippen molar-refractivity contribution in [2.24, 2.45) is 7.05 Å². The summed E-state index contributed by atoms with van der Waals surface area (Å²) in [6.45, 7) is 2.54. The highest BCUT2D eigenvalue weighted by molar-refractivity contribution is 7.91. The molecule has 0 aliphatic carbocycles. The smallest absolute Gasteiger partial charge is 0.250 e. The first-order valence-corrected chi connectivity index (χ1v) is 11.4. The van der Waals surface area contributed by atoms with E-state index in [9.17, 15) is 13.2 Å². The molecule has 0 spiro atoms. The van der Waals surface area contributed by atoms with E-state index < -0.39 is 15.4 Å². The molecule has 1 aliphatic heterocycles. The Morgan fingerprint density at radius 2 is 1.90 bits per heavy atom. The van der Waals surface area contributed by atoms with Crippen LogP contribution < -0.4 is 5.56 Å². The summed E-state index contributed by atoms with van der Waals surface area (Å²) in [5.41, 5.74) is 0.370. The number of methoxy groups -OCH3 is 1. The molecule has 2 aromatic carbocycles. The van der Waals surface area contributed by atoms with Crippen LogP contribution in [0.1, 0.15) is 25.3 Å². The van der Waals surface area contributed by atoms with E-state index in [1.54, 1.807) is 56.6 Å². The van der Waals surface area contributed by atoms with Crippen molar-refractivity contribution in [1.82, 2.24) is 4.57 Å². The molecule has 0 radical (unpaired) electrons. The number of benzene rings is 2. The first kappa shape index (κ1) is 20.8. The average molecular weight is 428 g/mol. The molecule has 158 valence electrons. The molecule has 3 aromatic rings. The summed E-state index contributed by atoms with van der Waals surface area (Å²) in [7, 11) is -0.622. The Morgan fingerprint density at radius 1 is 1.13 bits per heavy atom. The molecule has 6 nitrogen and oxygen atoms in total. The SMILES string of the molecule is CO[C@]1(c2cccc(S(=O)(=O)c3cccc4ccc(=O)n(C)c34)c2)CCO[C@@H](C)C1. The molecule has 4 rings (SSSR count). The molecule has 2 atom stereocenters. The lowest BCUT2D eigenvalue weighted by molar-refractivity contribution is -0.122. The van der Waals surface area contributed by atoms with Gasteiger partial charge in [0.1, 0.15) is 0 Å². The number of aryl methyl sites for hydroxylation is 1. The van der Waals surface area contributed by atoms with Crippen molar-refractivity contribution >= 4 is 20.7 Å². The van der Waals surface area contributed by atoms with E-state index in [-0.39, 0.29) is 21.5 Å². The molecule has 7 heteroatoms. The lowest BCUT2D eigenvalue weighted by Gasteiger charge is -2.39. The van der Waals surface area contributed by atoms with Gasteiger partial charge in [-0.1, -0.05) is 24.3 Å². The highest BCUT2D eigenvalue weighted by Crippen LogP contribution is 2.39. The number of pyridine rings is 1. The quantitative estimate of drug-likeness (QED) is 0.638. The Bertz CT molecular complexity index is 1260. The summed E-state index contributed by atoms with van der Waals surface area (Å²) in [6.07, 6.45) is 1.32. The predicted molar refractivity (Wildman–Crippen MR) is 114 cm³/mol. The third kappa shape index (κ3) is 3.37. The minimum absolute atomic E-state index is 0.0200. The van der Waals surface area contributed by atoms with Crippen molar-refractivity contribution in [3.8, 4) is 0 Å². The molecule has 30 heavy (non-hydrogen) atoms. The van der Waals surface area contributed by atoms with Gasteiger partial charge in [0.25, 0.3) is 5.56 Å². The third-order valence-electron chi connectivity index (χ3n) is 5.98. The molecule has 1 aliphatic rings. The molecule has 1 saturated heterocycles. The Kier molecular flexibility index (Phi) is 5.30. The number of sulfone groups is 1. The maximum Gasteiger partial charge on any atom is 0.250 e. The van der Waals surface area contributed by atoms with Crippen molar-refractivity contribution in [2.75, 3.05) is 13.7 Å². The van der Waals surface area contributed by atoms with Crippen LogP contribution in [-0.2, 0) is 32.0 Å². The number of fused-ring (bicyclic) bond motifs is 1. The van der Waals surface area contributed by atoms with Crippen molar-refractivity contribution in [1.29, 1.82) is 0 Å². The molecular formula is C23H25NO5S. The summed E-state index contributed by atoms with van der Waals surface area (Å²) in [6, 6.07) is 15.1. The van der Waals surface area contributed by atoms with E-state index in [2.05, 4.69) is 0 Å². The Labute approximate surface area is 176 Å². The molecule has 0 unspecified atom stereocenters. The van der Waals surface area contributed by atoms with Crippen LogP contribution in [0.4, 0.5) is 0 Å². The highest BCUT2D eigenvalue weighted by atomic mass is 32.2. The number of nitrogens with zero attached hydrogens (tertiary/aromatic N) is 1. The maximum absolute atomic E-state index is 13.6. The van der Waals surface area contributed by atoms with Gasteiger partial charge in [-0.3, -0.25) is 4.79 Å². The molecule has 2 heterocycles. The molecule has 0 saturated carbocycles. The van der Waals surface area contributed by atoms with Crippen molar-refractivity contribution in [3.63, 3.8) is 0 Å². The number of para-hydroxylation sites is 1. The van der Waals surface area contributed by atoms with Crippen LogP contribution in [-0.4, -0.2) is 32.8 Å². The van der Waals surface area contributed by atoms with E-state index in [4.69, 9.17) is 9.47 Å². The van der Waals surface area contributed by atoms with E-state index in [1.807, 2.05) is 13.0 Å². The Hall–Kier alpha value is -2.48. The van der Waals surface area contributed by atoms with Crippen LogP contribution in [0.5, 0.6) is 0 Å². The lowest BCUT2D eigenvalue weighted by Crippen LogP contribution is -2.39. The zero-order chi connectivity index (χ0) is 21.5. The fraction of sp³-hybridized carbons (Fsp3) is 0.348. The summed E-state index contributed by atoms with van der Waals surface area (Å²) in [5, 5.41) is 0.695. The summed E-state index contributed by atoms with van der Waals surface area (Å²) in [4.78, 5) is 12.5. The van der Waals surface area contributed by atoms with Gasteiger partial charge < -0.3 is 14.0 Å². The monoisotopic (exact) mass is 427 g/mol. The van der Waals surface area contributed by atoms with Gasteiger partial charge in [-0.25, -0.2) is 8.42 Å². The minimum Gasteiger partial charge on any atom is -0.378 e. The topological polar surface area (TPSA) is 74.6 Å². The fourth-order valence-electron chi connectivity index (χ4n) is 4.32. The average Bonchev–Trinajstić information content (AvgIpc) is 2.76. The van der Waals surface area contributed by atoms with E-state index >= 15 is 0 Å². The van der Waals surface area contributed by atoms with E-state index in [1.165, 1.54) is 10.6 Å².